The van der Waals surface area contributed by atoms with Gasteiger partial charge in [-0.25, -0.2) is 8.42 Å². The Balaban J connectivity index is 2.07. The summed E-state index contributed by atoms with van der Waals surface area (Å²) in [5.74, 6) is 0.782. The van der Waals surface area contributed by atoms with Gasteiger partial charge in [-0.2, -0.15) is 0 Å². The van der Waals surface area contributed by atoms with Crippen molar-refractivity contribution in [3.8, 4) is 0 Å². The van der Waals surface area contributed by atoms with E-state index in [-0.39, 0.29) is 5.75 Å². The lowest BCUT2D eigenvalue weighted by Gasteiger charge is -2.33. The summed E-state index contributed by atoms with van der Waals surface area (Å²) in [4.78, 5) is 2.71. The molecule has 0 atom stereocenters. The largest absolute Gasteiger partial charge is 0.372 e. The van der Waals surface area contributed by atoms with Crippen molar-refractivity contribution in [2.75, 3.05) is 30.3 Å². The van der Waals surface area contributed by atoms with Crippen molar-refractivity contribution in [3.05, 3.63) is 24.3 Å². The van der Waals surface area contributed by atoms with E-state index in [2.05, 4.69) is 4.90 Å². The summed E-state index contributed by atoms with van der Waals surface area (Å²) >= 11 is 0. The third-order valence-corrected chi connectivity index (χ3v) is 5.64. The molecule has 0 unspecified atom stereocenters. The van der Waals surface area contributed by atoms with E-state index in [1.54, 1.807) is 19.1 Å². The lowest BCUT2D eigenvalue weighted by molar-refractivity contribution is 0.414. The van der Waals surface area contributed by atoms with Crippen molar-refractivity contribution in [1.82, 2.24) is 0 Å². The molecule has 19 heavy (non-hydrogen) atoms. The number of piperidine rings is 1. The molecule has 2 N–H and O–H groups in total. The molecule has 0 aliphatic carbocycles. The van der Waals surface area contributed by atoms with Gasteiger partial charge in [-0.05, 0) is 49.6 Å². The standard InChI is InChI=1S/C14H22N2O2S/c1-2-19(17,18)14-5-3-13(4-6-14)16-9-7-12(11-15)8-10-16/h3-6,12H,2,7-11,15H2,1H3. The van der Waals surface area contributed by atoms with Crippen LogP contribution in [0.1, 0.15) is 19.8 Å². The van der Waals surface area contributed by atoms with Crippen molar-refractivity contribution in [2.45, 2.75) is 24.7 Å². The summed E-state index contributed by atoms with van der Waals surface area (Å²) in [5.41, 5.74) is 6.79. The van der Waals surface area contributed by atoms with Gasteiger partial charge in [-0.3, -0.25) is 0 Å². The monoisotopic (exact) mass is 282 g/mol. The van der Waals surface area contributed by atoms with Crippen LogP contribution in [-0.4, -0.2) is 33.8 Å². The molecule has 0 spiro atoms. The SMILES string of the molecule is CCS(=O)(=O)c1ccc(N2CCC(CN)CC2)cc1. The predicted molar refractivity (Wildman–Crippen MR) is 78.2 cm³/mol. The summed E-state index contributed by atoms with van der Waals surface area (Å²) in [5, 5.41) is 0. The first kappa shape index (κ1) is 14.3. The zero-order valence-electron chi connectivity index (χ0n) is 11.4. The van der Waals surface area contributed by atoms with E-state index >= 15 is 0 Å². The third kappa shape index (κ3) is 3.28. The molecule has 106 valence electrons. The van der Waals surface area contributed by atoms with Crippen LogP contribution in [0.3, 0.4) is 0 Å². The van der Waals surface area contributed by atoms with Crippen LogP contribution < -0.4 is 10.6 Å². The smallest absolute Gasteiger partial charge is 0.178 e. The quantitative estimate of drug-likeness (QED) is 0.912. The third-order valence-electron chi connectivity index (χ3n) is 3.89. The van der Waals surface area contributed by atoms with Gasteiger partial charge in [-0.1, -0.05) is 6.92 Å². The van der Waals surface area contributed by atoms with Crippen LogP contribution in [0.15, 0.2) is 29.2 Å². The molecule has 1 heterocycles. The summed E-state index contributed by atoms with van der Waals surface area (Å²) < 4.78 is 23.5. The van der Waals surface area contributed by atoms with Crippen molar-refractivity contribution < 1.29 is 8.42 Å². The minimum Gasteiger partial charge on any atom is -0.372 e. The van der Waals surface area contributed by atoms with Crippen molar-refractivity contribution >= 4 is 15.5 Å². The number of nitrogens with zero attached hydrogens (tertiary/aromatic N) is 1. The average Bonchev–Trinajstić information content (AvgIpc) is 2.47. The normalized spacial score (nSPS) is 17.7. The van der Waals surface area contributed by atoms with Gasteiger partial charge < -0.3 is 10.6 Å². The van der Waals surface area contributed by atoms with E-state index in [1.807, 2.05) is 12.1 Å². The van der Waals surface area contributed by atoms with E-state index in [1.165, 1.54) is 0 Å². The Morgan fingerprint density at radius 2 is 1.79 bits per heavy atom. The van der Waals surface area contributed by atoms with E-state index in [0.717, 1.165) is 38.2 Å². The van der Waals surface area contributed by atoms with E-state index in [4.69, 9.17) is 5.73 Å². The molecule has 4 nitrogen and oxygen atoms in total. The minimum atomic E-state index is -3.09. The minimum absolute atomic E-state index is 0.147. The van der Waals surface area contributed by atoms with E-state index in [9.17, 15) is 8.42 Å². The summed E-state index contributed by atoms with van der Waals surface area (Å²) in [7, 11) is -3.09. The highest BCUT2D eigenvalue weighted by atomic mass is 32.2. The molecule has 2 rings (SSSR count). The number of nitrogens with two attached hydrogens (primary N) is 1. The molecule has 1 fully saturated rings. The van der Waals surface area contributed by atoms with Crippen LogP contribution >= 0.6 is 0 Å². The molecular formula is C14H22N2O2S. The highest BCUT2D eigenvalue weighted by Crippen LogP contribution is 2.24. The van der Waals surface area contributed by atoms with Gasteiger partial charge >= 0.3 is 0 Å². The molecule has 0 amide bonds. The molecule has 0 aromatic heterocycles. The van der Waals surface area contributed by atoms with Gasteiger partial charge in [0.25, 0.3) is 0 Å². The summed E-state index contributed by atoms with van der Waals surface area (Å²) in [6.07, 6.45) is 2.23. The van der Waals surface area contributed by atoms with E-state index < -0.39 is 9.84 Å². The molecule has 0 radical (unpaired) electrons. The molecule has 0 saturated carbocycles. The van der Waals surface area contributed by atoms with Crippen molar-refractivity contribution in [3.63, 3.8) is 0 Å². The molecule has 1 aromatic carbocycles. The summed E-state index contributed by atoms with van der Waals surface area (Å²) in [6, 6.07) is 7.24. The predicted octanol–water partition coefficient (Wildman–Crippen LogP) is 1.66. The molecule has 5 heteroatoms. The Bertz CT molecular complexity index is 503. The van der Waals surface area contributed by atoms with Crippen molar-refractivity contribution in [2.24, 2.45) is 11.7 Å². The fraction of sp³-hybridized carbons (Fsp3) is 0.571. The van der Waals surface area contributed by atoms with Gasteiger partial charge in [0.15, 0.2) is 9.84 Å². The topological polar surface area (TPSA) is 63.4 Å². The molecule has 1 aliphatic heterocycles. The second-order valence-electron chi connectivity index (χ2n) is 5.06. The molecule has 1 aromatic rings. The van der Waals surface area contributed by atoms with Crippen LogP contribution in [0.2, 0.25) is 0 Å². The van der Waals surface area contributed by atoms with Crippen LogP contribution in [0.4, 0.5) is 5.69 Å². The summed E-state index contributed by atoms with van der Waals surface area (Å²) in [6.45, 7) is 4.44. The van der Waals surface area contributed by atoms with E-state index in [0.29, 0.717) is 10.8 Å². The maximum Gasteiger partial charge on any atom is 0.178 e. The highest BCUT2D eigenvalue weighted by molar-refractivity contribution is 7.91. The Morgan fingerprint density at radius 1 is 1.21 bits per heavy atom. The zero-order chi connectivity index (χ0) is 13.9. The Labute approximate surface area is 115 Å². The molecule has 0 bridgehead atoms. The molecule has 1 aliphatic rings. The van der Waals surface area contributed by atoms with Gasteiger partial charge in [0.1, 0.15) is 0 Å². The van der Waals surface area contributed by atoms with Gasteiger partial charge in [0, 0.05) is 18.8 Å². The zero-order valence-corrected chi connectivity index (χ0v) is 12.2. The maximum absolute atomic E-state index is 11.7. The van der Waals surface area contributed by atoms with Gasteiger partial charge in [0.05, 0.1) is 10.6 Å². The van der Waals surface area contributed by atoms with Crippen LogP contribution in [0.25, 0.3) is 0 Å². The van der Waals surface area contributed by atoms with Crippen LogP contribution in [-0.2, 0) is 9.84 Å². The van der Waals surface area contributed by atoms with Crippen LogP contribution in [0, 0.1) is 5.92 Å². The first-order valence-corrected chi connectivity index (χ1v) is 8.50. The van der Waals surface area contributed by atoms with Gasteiger partial charge in [0.2, 0.25) is 0 Å². The highest BCUT2D eigenvalue weighted by Gasteiger charge is 2.19. The van der Waals surface area contributed by atoms with Crippen molar-refractivity contribution in [1.29, 1.82) is 0 Å². The van der Waals surface area contributed by atoms with Crippen LogP contribution in [0.5, 0.6) is 0 Å². The fourth-order valence-corrected chi connectivity index (χ4v) is 3.34. The second kappa shape index (κ2) is 5.92. The number of rotatable bonds is 4. The number of hydrogen-bond donors (Lipinski definition) is 1. The Morgan fingerprint density at radius 3 is 2.26 bits per heavy atom. The first-order chi connectivity index (χ1) is 9.06. The number of hydrogen-bond acceptors (Lipinski definition) is 4. The number of anilines is 1. The Kier molecular flexibility index (Phi) is 4.47. The first-order valence-electron chi connectivity index (χ1n) is 6.84. The average molecular weight is 282 g/mol. The lowest BCUT2D eigenvalue weighted by Crippen LogP contribution is -2.36. The number of benzene rings is 1. The molecule has 1 saturated heterocycles. The second-order valence-corrected chi connectivity index (χ2v) is 7.34. The molecular weight excluding hydrogens is 260 g/mol. The number of sulfone groups is 1. The fourth-order valence-electron chi connectivity index (χ4n) is 2.46. The Hall–Kier alpha value is -1.07. The maximum atomic E-state index is 11.7. The van der Waals surface area contributed by atoms with Gasteiger partial charge in [-0.15, -0.1) is 0 Å². The lowest BCUT2D eigenvalue weighted by atomic mass is 9.97.